The third-order valence-electron chi connectivity index (χ3n) is 4.66. The highest BCUT2D eigenvalue weighted by molar-refractivity contribution is 6.09. The molecular formula is C17H28O5. The van der Waals surface area contributed by atoms with Gasteiger partial charge in [0.1, 0.15) is 11.7 Å². The molecule has 2 aliphatic rings. The van der Waals surface area contributed by atoms with Gasteiger partial charge in [-0.15, -0.1) is 0 Å². The van der Waals surface area contributed by atoms with Crippen molar-refractivity contribution in [2.24, 2.45) is 5.92 Å². The van der Waals surface area contributed by atoms with E-state index in [4.69, 9.17) is 14.2 Å². The molecule has 2 fully saturated rings. The number of ketones is 1. The molecule has 2 heterocycles. The predicted molar refractivity (Wildman–Crippen MR) is 81.5 cm³/mol. The summed E-state index contributed by atoms with van der Waals surface area (Å²) in [5.41, 5.74) is -2.75. The molecule has 2 aliphatic heterocycles. The fourth-order valence-electron chi connectivity index (χ4n) is 3.45. The average Bonchev–Trinajstić information content (AvgIpc) is 2.66. The summed E-state index contributed by atoms with van der Waals surface area (Å²) in [6, 6.07) is 0. The first-order valence-electron chi connectivity index (χ1n) is 8.16. The van der Waals surface area contributed by atoms with Gasteiger partial charge in [0, 0.05) is 19.4 Å². The third kappa shape index (κ3) is 2.69. The number of fused-ring (bicyclic) bond motifs is 2. The summed E-state index contributed by atoms with van der Waals surface area (Å²) in [6.07, 6.45) is 0.965. The highest BCUT2D eigenvalue weighted by Gasteiger charge is 2.69. The molecule has 2 bridgehead atoms. The molecule has 0 radical (unpaired) electrons. The largest absolute Gasteiger partial charge is 0.457 e. The maximum Gasteiger partial charge on any atom is 0.349 e. The van der Waals surface area contributed by atoms with Crippen LogP contribution in [-0.4, -0.2) is 41.3 Å². The Balaban J connectivity index is 2.42. The first-order chi connectivity index (χ1) is 10.1. The van der Waals surface area contributed by atoms with Crippen LogP contribution in [0.5, 0.6) is 0 Å². The van der Waals surface area contributed by atoms with E-state index in [1.165, 1.54) is 0 Å². The van der Waals surface area contributed by atoms with Gasteiger partial charge in [0.25, 0.3) is 0 Å². The zero-order chi connectivity index (χ0) is 16.8. The van der Waals surface area contributed by atoms with Gasteiger partial charge in [0.05, 0.1) is 5.60 Å². The molecule has 0 aromatic carbocycles. The molecule has 0 aromatic heterocycles. The van der Waals surface area contributed by atoms with E-state index in [9.17, 15) is 9.59 Å². The molecule has 0 aliphatic carbocycles. The maximum absolute atomic E-state index is 12.8. The van der Waals surface area contributed by atoms with Crippen molar-refractivity contribution in [2.45, 2.75) is 83.7 Å². The lowest BCUT2D eigenvalue weighted by molar-refractivity contribution is -0.213. The highest BCUT2D eigenvalue weighted by atomic mass is 16.6. The zero-order valence-electron chi connectivity index (χ0n) is 14.5. The minimum absolute atomic E-state index is 0.202. The van der Waals surface area contributed by atoms with E-state index in [1.54, 1.807) is 20.8 Å². The van der Waals surface area contributed by atoms with Crippen LogP contribution in [0.4, 0.5) is 0 Å². The van der Waals surface area contributed by atoms with E-state index in [0.29, 0.717) is 25.9 Å². The SMILES string of the molecule is CCO[C@@H]1C[C@@]2(C(C)C)CCC(=O)[C@]1(C(=O)OC(C)(C)C)O2. The number of hydrogen-bond acceptors (Lipinski definition) is 5. The Kier molecular flexibility index (Phi) is 4.44. The van der Waals surface area contributed by atoms with Crippen LogP contribution < -0.4 is 0 Å². The summed E-state index contributed by atoms with van der Waals surface area (Å²) in [5.74, 6) is -0.618. The van der Waals surface area contributed by atoms with Crippen LogP contribution >= 0.6 is 0 Å². The summed E-state index contributed by atoms with van der Waals surface area (Å²) in [6.45, 7) is 11.8. The van der Waals surface area contributed by atoms with Crippen molar-refractivity contribution in [1.82, 2.24) is 0 Å². The molecule has 0 saturated carbocycles. The topological polar surface area (TPSA) is 61.8 Å². The Labute approximate surface area is 132 Å². The zero-order valence-corrected chi connectivity index (χ0v) is 14.5. The fourth-order valence-corrected chi connectivity index (χ4v) is 3.45. The van der Waals surface area contributed by atoms with E-state index in [2.05, 4.69) is 13.8 Å². The van der Waals surface area contributed by atoms with Crippen LogP contribution in [0.1, 0.15) is 60.8 Å². The number of rotatable bonds is 4. The van der Waals surface area contributed by atoms with Crippen molar-refractivity contribution in [3.8, 4) is 0 Å². The summed E-state index contributed by atoms with van der Waals surface area (Å²) in [5, 5.41) is 0. The monoisotopic (exact) mass is 312 g/mol. The molecule has 22 heavy (non-hydrogen) atoms. The van der Waals surface area contributed by atoms with E-state index in [1.807, 2.05) is 6.92 Å². The van der Waals surface area contributed by atoms with Crippen molar-refractivity contribution in [1.29, 1.82) is 0 Å². The number of Topliss-reactive ketones (excluding diaryl/α,β-unsaturated/α-hetero) is 1. The molecule has 0 unspecified atom stereocenters. The first-order valence-corrected chi connectivity index (χ1v) is 8.16. The standard InChI is InChI=1S/C17H28O5/c1-7-20-13-10-16(11(2)3)9-8-12(18)17(13,22-16)14(19)21-15(4,5)6/h11,13H,7-10H2,1-6H3/t13-,16-,17+/m1/s1. The summed E-state index contributed by atoms with van der Waals surface area (Å²) in [4.78, 5) is 25.5. The number of carbonyl (C=O) groups is 2. The van der Waals surface area contributed by atoms with Crippen molar-refractivity contribution < 1.29 is 23.8 Å². The van der Waals surface area contributed by atoms with E-state index in [-0.39, 0.29) is 11.7 Å². The second-order valence-electron chi connectivity index (χ2n) is 7.63. The van der Waals surface area contributed by atoms with Gasteiger partial charge in [0.15, 0.2) is 5.78 Å². The van der Waals surface area contributed by atoms with Crippen LogP contribution in [0.2, 0.25) is 0 Å². The molecule has 2 rings (SSSR count). The quantitative estimate of drug-likeness (QED) is 0.590. The smallest absolute Gasteiger partial charge is 0.349 e. The molecular weight excluding hydrogens is 284 g/mol. The molecule has 0 N–H and O–H groups in total. The Morgan fingerprint density at radius 2 is 2.05 bits per heavy atom. The molecule has 3 atom stereocenters. The summed E-state index contributed by atoms with van der Waals surface area (Å²) < 4.78 is 17.4. The van der Waals surface area contributed by atoms with Crippen LogP contribution in [0, 0.1) is 5.92 Å². The van der Waals surface area contributed by atoms with Gasteiger partial charge in [-0.25, -0.2) is 4.79 Å². The molecule has 126 valence electrons. The van der Waals surface area contributed by atoms with Gasteiger partial charge >= 0.3 is 5.97 Å². The van der Waals surface area contributed by atoms with Crippen LogP contribution in [0.25, 0.3) is 0 Å². The number of carbonyl (C=O) groups excluding carboxylic acids is 2. The number of ether oxygens (including phenoxy) is 3. The highest BCUT2D eigenvalue weighted by Crippen LogP contribution is 2.52. The minimum Gasteiger partial charge on any atom is -0.457 e. The van der Waals surface area contributed by atoms with Crippen LogP contribution in [0.3, 0.4) is 0 Å². The minimum atomic E-state index is -1.59. The second-order valence-corrected chi connectivity index (χ2v) is 7.63. The Morgan fingerprint density at radius 3 is 2.55 bits per heavy atom. The lowest BCUT2D eigenvalue weighted by atomic mass is 9.83. The van der Waals surface area contributed by atoms with Gasteiger partial charge in [-0.3, -0.25) is 4.79 Å². The summed E-state index contributed by atoms with van der Waals surface area (Å²) in [7, 11) is 0. The van der Waals surface area contributed by atoms with Gasteiger partial charge in [-0.2, -0.15) is 0 Å². The van der Waals surface area contributed by atoms with Crippen LogP contribution in [0.15, 0.2) is 0 Å². The van der Waals surface area contributed by atoms with Crippen LogP contribution in [-0.2, 0) is 23.8 Å². The van der Waals surface area contributed by atoms with Crippen molar-refractivity contribution in [3.63, 3.8) is 0 Å². The Hall–Kier alpha value is -0.940. The lowest BCUT2D eigenvalue weighted by Gasteiger charge is -2.41. The fraction of sp³-hybridized carbons (Fsp3) is 0.882. The lowest BCUT2D eigenvalue weighted by Crippen LogP contribution is -2.60. The second kappa shape index (κ2) is 5.60. The normalized spacial score (nSPS) is 35.0. The number of esters is 1. The van der Waals surface area contributed by atoms with Gasteiger partial charge in [-0.05, 0) is 40.0 Å². The van der Waals surface area contributed by atoms with Crippen molar-refractivity contribution >= 4 is 11.8 Å². The van der Waals surface area contributed by atoms with Gasteiger partial charge in [-0.1, -0.05) is 13.8 Å². The molecule has 0 aromatic rings. The van der Waals surface area contributed by atoms with Gasteiger partial charge in [0.2, 0.25) is 5.60 Å². The molecule has 5 nitrogen and oxygen atoms in total. The Morgan fingerprint density at radius 1 is 1.41 bits per heavy atom. The van der Waals surface area contributed by atoms with E-state index >= 15 is 0 Å². The Bertz CT molecular complexity index is 464. The first kappa shape index (κ1) is 17.4. The third-order valence-corrected chi connectivity index (χ3v) is 4.66. The van der Waals surface area contributed by atoms with Gasteiger partial charge < -0.3 is 14.2 Å². The molecule has 0 spiro atoms. The van der Waals surface area contributed by atoms with Crippen molar-refractivity contribution in [2.75, 3.05) is 6.61 Å². The van der Waals surface area contributed by atoms with E-state index < -0.39 is 28.9 Å². The molecule has 5 heteroatoms. The molecule has 0 amide bonds. The molecule has 2 saturated heterocycles. The average molecular weight is 312 g/mol. The van der Waals surface area contributed by atoms with Crippen molar-refractivity contribution in [3.05, 3.63) is 0 Å². The van der Waals surface area contributed by atoms with E-state index in [0.717, 1.165) is 0 Å². The predicted octanol–water partition coefficient (Wildman–Crippen LogP) is 2.65. The number of hydrogen-bond donors (Lipinski definition) is 0. The maximum atomic E-state index is 12.8. The summed E-state index contributed by atoms with van der Waals surface area (Å²) >= 11 is 0.